The summed E-state index contributed by atoms with van der Waals surface area (Å²) in [5.74, 6) is 0. The Balaban J connectivity index is 2.03. The lowest BCUT2D eigenvalue weighted by molar-refractivity contribution is 0.417. The maximum Gasteiger partial charge on any atom is 0.0127 e. The Hall–Kier alpha value is -1.38. The Bertz CT molecular complexity index is 622. The third-order valence-corrected chi connectivity index (χ3v) is 4.87. The summed E-state index contributed by atoms with van der Waals surface area (Å²) in [6.45, 7) is 1.10. The second-order valence-electron chi connectivity index (χ2n) is 5.62. The lowest BCUT2D eigenvalue weighted by atomic mass is 9.95. The molecule has 0 unspecified atom stereocenters. The molecule has 3 rings (SSSR count). The Morgan fingerprint density at radius 1 is 1.10 bits per heavy atom. The molecule has 0 spiro atoms. The number of fused-ring (bicyclic) bond motifs is 2. The average molecular weight is 283 g/mol. The van der Waals surface area contributed by atoms with E-state index in [-0.39, 0.29) is 0 Å². The van der Waals surface area contributed by atoms with Gasteiger partial charge in [0.25, 0.3) is 0 Å². The maximum atomic E-state index is 2.43. The summed E-state index contributed by atoms with van der Waals surface area (Å²) in [6.07, 6.45) is 5.87. The number of hydrogen-bond donors (Lipinski definition) is 0. The minimum atomic E-state index is 1.10. The molecule has 0 aliphatic heterocycles. The normalized spacial score (nSPS) is 16.1. The minimum Gasteiger partial charge on any atom is -0.309 e. The molecule has 0 atom stereocenters. The number of rotatable bonds is 3. The van der Waals surface area contributed by atoms with Crippen molar-refractivity contribution in [2.45, 2.75) is 19.3 Å². The van der Waals surface area contributed by atoms with Gasteiger partial charge in [-0.1, -0.05) is 30.3 Å². The van der Waals surface area contributed by atoms with Gasteiger partial charge in [0.15, 0.2) is 0 Å². The highest BCUT2D eigenvalue weighted by atomic mass is 32.1. The predicted molar refractivity (Wildman–Crippen MR) is 88.4 cm³/mol. The first kappa shape index (κ1) is 13.6. The van der Waals surface area contributed by atoms with Crippen molar-refractivity contribution in [2.75, 3.05) is 20.6 Å². The van der Waals surface area contributed by atoms with Gasteiger partial charge >= 0.3 is 0 Å². The smallest absolute Gasteiger partial charge is 0.0127 e. The Kier molecular flexibility index (Phi) is 4.04. The van der Waals surface area contributed by atoms with Gasteiger partial charge < -0.3 is 4.90 Å². The topological polar surface area (TPSA) is 3.24 Å². The lowest BCUT2D eigenvalue weighted by Gasteiger charge is -2.11. The summed E-state index contributed by atoms with van der Waals surface area (Å²) in [4.78, 5) is 3.78. The van der Waals surface area contributed by atoms with Gasteiger partial charge in [-0.25, -0.2) is 0 Å². The number of hydrogen-bond acceptors (Lipinski definition) is 2. The number of benzene rings is 1. The molecule has 0 bridgehead atoms. The van der Waals surface area contributed by atoms with Crippen LogP contribution in [0.2, 0.25) is 0 Å². The molecular weight excluding hydrogens is 262 g/mol. The zero-order valence-electron chi connectivity index (χ0n) is 12.2. The monoisotopic (exact) mass is 283 g/mol. The molecule has 0 amide bonds. The van der Waals surface area contributed by atoms with Crippen LogP contribution in [0.4, 0.5) is 0 Å². The highest BCUT2D eigenvalue weighted by molar-refractivity contribution is 7.10. The Labute approximate surface area is 125 Å². The third-order valence-electron chi connectivity index (χ3n) is 3.89. The van der Waals surface area contributed by atoms with Crippen molar-refractivity contribution >= 4 is 16.9 Å². The van der Waals surface area contributed by atoms with Gasteiger partial charge in [-0.05, 0) is 67.1 Å². The van der Waals surface area contributed by atoms with Crippen molar-refractivity contribution in [3.05, 3.63) is 63.4 Å². The van der Waals surface area contributed by atoms with Crippen molar-refractivity contribution in [3.8, 4) is 0 Å². The molecule has 1 nitrogen and oxygen atoms in total. The van der Waals surface area contributed by atoms with Gasteiger partial charge in [0, 0.05) is 11.4 Å². The summed E-state index contributed by atoms with van der Waals surface area (Å²) in [5, 5.41) is 2.23. The van der Waals surface area contributed by atoms with E-state index in [1.807, 2.05) is 11.3 Å². The fourth-order valence-corrected chi connectivity index (χ4v) is 3.75. The van der Waals surface area contributed by atoms with Crippen molar-refractivity contribution in [1.29, 1.82) is 0 Å². The van der Waals surface area contributed by atoms with E-state index in [0.717, 1.165) is 19.4 Å². The molecule has 2 aromatic rings. The molecule has 0 saturated heterocycles. The van der Waals surface area contributed by atoms with Crippen LogP contribution in [0.15, 0.2) is 41.8 Å². The van der Waals surface area contributed by atoms with Crippen molar-refractivity contribution < 1.29 is 0 Å². The second kappa shape index (κ2) is 5.94. The molecular formula is C18H21NS. The molecule has 0 fully saturated rings. The van der Waals surface area contributed by atoms with E-state index >= 15 is 0 Å². The highest BCUT2D eigenvalue weighted by Gasteiger charge is 2.18. The predicted octanol–water partition coefficient (Wildman–Crippen LogP) is 4.23. The fourth-order valence-electron chi connectivity index (χ4n) is 2.86. The van der Waals surface area contributed by atoms with E-state index in [2.05, 4.69) is 60.8 Å². The molecule has 0 N–H and O–H groups in total. The van der Waals surface area contributed by atoms with Crippen LogP contribution in [0, 0.1) is 0 Å². The molecule has 1 aliphatic rings. The lowest BCUT2D eigenvalue weighted by Crippen LogP contribution is -2.12. The zero-order chi connectivity index (χ0) is 13.9. The number of aryl methyl sites for hydroxylation is 2. The standard InChI is InChI=1S/C18H21NS/c1-19(2)12-5-8-16-15-7-4-3-6-14(15)9-10-18-17(16)11-13-20-18/h3-4,6-8,11,13H,5,9-10,12H2,1-2H3/b16-8+. The van der Waals surface area contributed by atoms with Crippen LogP contribution in [-0.2, 0) is 12.8 Å². The van der Waals surface area contributed by atoms with Crippen LogP contribution >= 0.6 is 11.3 Å². The largest absolute Gasteiger partial charge is 0.309 e. The molecule has 1 aromatic heterocycles. The van der Waals surface area contributed by atoms with E-state index in [1.165, 1.54) is 33.6 Å². The van der Waals surface area contributed by atoms with E-state index < -0.39 is 0 Å². The van der Waals surface area contributed by atoms with Gasteiger partial charge in [0.05, 0.1) is 0 Å². The zero-order valence-corrected chi connectivity index (χ0v) is 13.0. The molecule has 20 heavy (non-hydrogen) atoms. The van der Waals surface area contributed by atoms with Crippen LogP contribution < -0.4 is 0 Å². The summed E-state index contributed by atoms with van der Waals surface area (Å²) in [6, 6.07) is 11.2. The van der Waals surface area contributed by atoms with Crippen LogP contribution in [0.25, 0.3) is 5.57 Å². The summed E-state index contributed by atoms with van der Waals surface area (Å²) < 4.78 is 0. The first-order valence-electron chi connectivity index (χ1n) is 7.25. The summed E-state index contributed by atoms with van der Waals surface area (Å²) in [5.41, 5.74) is 5.82. The van der Waals surface area contributed by atoms with Gasteiger partial charge in [-0.15, -0.1) is 11.3 Å². The third kappa shape index (κ3) is 2.72. The van der Waals surface area contributed by atoms with Crippen LogP contribution in [0.1, 0.15) is 28.0 Å². The van der Waals surface area contributed by atoms with E-state index in [0.29, 0.717) is 0 Å². The first-order valence-corrected chi connectivity index (χ1v) is 8.13. The minimum absolute atomic E-state index is 1.10. The van der Waals surface area contributed by atoms with E-state index in [9.17, 15) is 0 Å². The number of nitrogens with zero attached hydrogens (tertiary/aromatic N) is 1. The maximum absolute atomic E-state index is 2.43. The summed E-state index contributed by atoms with van der Waals surface area (Å²) in [7, 11) is 4.27. The highest BCUT2D eigenvalue weighted by Crippen LogP contribution is 2.36. The molecule has 2 heteroatoms. The van der Waals surface area contributed by atoms with Gasteiger partial charge in [0.1, 0.15) is 0 Å². The molecule has 1 aliphatic carbocycles. The van der Waals surface area contributed by atoms with Gasteiger partial charge in [-0.2, -0.15) is 0 Å². The van der Waals surface area contributed by atoms with Crippen LogP contribution in [-0.4, -0.2) is 25.5 Å². The van der Waals surface area contributed by atoms with Crippen LogP contribution in [0.3, 0.4) is 0 Å². The average Bonchev–Trinajstić information content (AvgIpc) is 2.84. The molecule has 104 valence electrons. The molecule has 1 aromatic carbocycles. The van der Waals surface area contributed by atoms with E-state index in [4.69, 9.17) is 0 Å². The fraction of sp³-hybridized carbons (Fsp3) is 0.333. The molecule has 0 radical (unpaired) electrons. The van der Waals surface area contributed by atoms with Gasteiger partial charge in [-0.3, -0.25) is 0 Å². The van der Waals surface area contributed by atoms with Crippen molar-refractivity contribution in [2.24, 2.45) is 0 Å². The van der Waals surface area contributed by atoms with Gasteiger partial charge in [0.2, 0.25) is 0 Å². The van der Waals surface area contributed by atoms with Crippen LogP contribution in [0.5, 0.6) is 0 Å². The SMILES string of the molecule is CN(C)CC/C=C1\c2ccccc2CCc2sccc21. The number of thiophene rings is 1. The van der Waals surface area contributed by atoms with E-state index in [1.54, 1.807) is 0 Å². The van der Waals surface area contributed by atoms with Crippen molar-refractivity contribution in [3.63, 3.8) is 0 Å². The summed E-state index contributed by atoms with van der Waals surface area (Å²) >= 11 is 1.90. The quantitative estimate of drug-likeness (QED) is 0.815. The first-order chi connectivity index (χ1) is 9.75. The Morgan fingerprint density at radius 2 is 1.95 bits per heavy atom. The molecule has 0 saturated carbocycles. The second-order valence-corrected chi connectivity index (χ2v) is 6.63. The van der Waals surface area contributed by atoms with Crippen molar-refractivity contribution in [1.82, 2.24) is 4.90 Å². The Morgan fingerprint density at radius 3 is 2.80 bits per heavy atom. The molecule has 1 heterocycles.